The van der Waals surface area contributed by atoms with Gasteiger partial charge in [-0.15, -0.1) is 0 Å². The SMILES string of the molecule is CC(O)(Cc1ccc(F)c(Cl)c1)c1cccc(F)c1F. The minimum atomic E-state index is -1.63. The van der Waals surface area contributed by atoms with Gasteiger partial charge in [0.25, 0.3) is 0 Å². The molecule has 1 N–H and O–H groups in total. The summed E-state index contributed by atoms with van der Waals surface area (Å²) in [6, 6.07) is 7.55. The van der Waals surface area contributed by atoms with Crippen molar-refractivity contribution in [2.45, 2.75) is 18.9 Å². The summed E-state index contributed by atoms with van der Waals surface area (Å²) in [5.74, 6) is -2.70. The Hall–Kier alpha value is -1.52. The predicted molar refractivity (Wildman–Crippen MR) is 71.0 cm³/mol. The zero-order chi connectivity index (χ0) is 14.9. The molecule has 1 nitrogen and oxygen atoms in total. The van der Waals surface area contributed by atoms with Crippen molar-refractivity contribution in [2.24, 2.45) is 0 Å². The molecule has 106 valence electrons. The third-order valence-electron chi connectivity index (χ3n) is 3.06. The van der Waals surface area contributed by atoms with Crippen molar-refractivity contribution >= 4 is 11.6 Å². The van der Waals surface area contributed by atoms with Gasteiger partial charge in [-0.25, -0.2) is 13.2 Å². The smallest absolute Gasteiger partial charge is 0.164 e. The maximum atomic E-state index is 13.7. The summed E-state index contributed by atoms with van der Waals surface area (Å²) in [6.07, 6.45) is -0.0205. The second-order valence-electron chi connectivity index (χ2n) is 4.80. The fourth-order valence-electron chi connectivity index (χ4n) is 2.06. The minimum Gasteiger partial charge on any atom is -0.385 e. The molecule has 0 aliphatic heterocycles. The van der Waals surface area contributed by atoms with Crippen LogP contribution in [-0.2, 0) is 12.0 Å². The summed E-state index contributed by atoms with van der Waals surface area (Å²) in [4.78, 5) is 0. The Kier molecular flexibility index (Phi) is 4.06. The van der Waals surface area contributed by atoms with Gasteiger partial charge in [0, 0.05) is 12.0 Å². The molecule has 0 saturated carbocycles. The Morgan fingerprint density at radius 2 is 1.80 bits per heavy atom. The first-order chi connectivity index (χ1) is 9.31. The highest BCUT2D eigenvalue weighted by Gasteiger charge is 2.28. The zero-order valence-electron chi connectivity index (χ0n) is 10.6. The van der Waals surface area contributed by atoms with E-state index in [2.05, 4.69) is 0 Å². The van der Waals surface area contributed by atoms with Crippen LogP contribution in [0.2, 0.25) is 5.02 Å². The number of rotatable bonds is 3. The van der Waals surface area contributed by atoms with Crippen LogP contribution in [-0.4, -0.2) is 5.11 Å². The molecule has 0 spiro atoms. The van der Waals surface area contributed by atoms with Crippen LogP contribution in [0.25, 0.3) is 0 Å². The molecule has 0 bridgehead atoms. The van der Waals surface area contributed by atoms with Crippen LogP contribution in [0.4, 0.5) is 13.2 Å². The second-order valence-corrected chi connectivity index (χ2v) is 5.21. The standard InChI is InChI=1S/C15H12ClF3O/c1-15(20,10-3-2-4-13(18)14(10)19)8-9-5-6-12(17)11(16)7-9/h2-7,20H,8H2,1H3. The van der Waals surface area contributed by atoms with E-state index < -0.39 is 23.1 Å². The molecular weight excluding hydrogens is 289 g/mol. The fourth-order valence-corrected chi connectivity index (χ4v) is 2.27. The van der Waals surface area contributed by atoms with E-state index >= 15 is 0 Å². The quantitative estimate of drug-likeness (QED) is 0.900. The van der Waals surface area contributed by atoms with Crippen LogP contribution in [0.15, 0.2) is 36.4 Å². The first kappa shape index (κ1) is 14.9. The third kappa shape index (κ3) is 2.97. The summed E-state index contributed by atoms with van der Waals surface area (Å²) < 4.78 is 40.0. The van der Waals surface area contributed by atoms with Crippen molar-refractivity contribution in [3.63, 3.8) is 0 Å². The number of halogens is 4. The van der Waals surface area contributed by atoms with Gasteiger partial charge >= 0.3 is 0 Å². The van der Waals surface area contributed by atoms with Crippen molar-refractivity contribution in [1.82, 2.24) is 0 Å². The third-order valence-corrected chi connectivity index (χ3v) is 3.35. The lowest BCUT2D eigenvalue weighted by Gasteiger charge is -2.24. The lowest BCUT2D eigenvalue weighted by molar-refractivity contribution is 0.0530. The molecule has 0 aliphatic rings. The average Bonchev–Trinajstić information content (AvgIpc) is 2.36. The van der Waals surface area contributed by atoms with Crippen molar-refractivity contribution in [3.8, 4) is 0 Å². The molecule has 0 fully saturated rings. The molecule has 0 amide bonds. The monoisotopic (exact) mass is 300 g/mol. The van der Waals surface area contributed by atoms with Gasteiger partial charge in [0.15, 0.2) is 11.6 Å². The molecule has 5 heteroatoms. The molecular formula is C15H12ClF3O. The van der Waals surface area contributed by atoms with Crippen molar-refractivity contribution in [2.75, 3.05) is 0 Å². The maximum absolute atomic E-state index is 13.7. The highest BCUT2D eigenvalue weighted by molar-refractivity contribution is 6.30. The van der Waals surface area contributed by atoms with Crippen molar-refractivity contribution in [3.05, 3.63) is 70.0 Å². The molecule has 2 aromatic rings. The Morgan fingerprint density at radius 3 is 2.45 bits per heavy atom. The first-order valence-electron chi connectivity index (χ1n) is 5.92. The van der Waals surface area contributed by atoms with Crippen LogP contribution >= 0.6 is 11.6 Å². The molecule has 1 atom stereocenters. The number of benzene rings is 2. The van der Waals surface area contributed by atoms with Gasteiger partial charge in [0.2, 0.25) is 0 Å². The molecule has 20 heavy (non-hydrogen) atoms. The highest BCUT2D eigenvalue weighted by atomic mass is 35.5. The maximum Gasteiger partial charge on any atom is 0.164 e. The molecule has 0 aliphatic carbocycles. The van der Waals surface area contributed by atoms with Crippen molar-refractivity contribution in [1.29, 1.82) is 0 Å². The van der Waals surface area contributed by atoms with Gasteiger partial charge in [0.05, 0.1) is 10.6 Å². The summed E-state index contributed by atoms with van der Waals surface area (Å²) in [5, 5.41) is 10.3. The number of hydrogen-bond donors (Lipinski definition) is 1. The molecule has 2 aromatic carbocycles. The lowest BCUT2D eigenvalue weighted by atomic mass is 9.88. The Balaban J connectivity index is 2.35. The van der Waals surface area contributed by atoms with E-state index in [1.165, 1.54) is 31.2 Å². The predicted octanol–water partition coefficient (Wildman–Crippen LogP) is 4.21. The Morgan fingerprint density at radius 1 is 1.10 bits per heavy atom. The van der Waals surface area contributed by atoms with Gasteiger partial charge in [-0.1, -0.05) is 29.8 Å². The average molecular weight is 301 g/mol. The summed E-state index contributed by atoms with van der Waals surface area (Å²) in [5.41, 5.74) is -1.27. The van der Waals surface area contributed by atoms with E-state index in [9.17, 15) is 18.3 Å². The van der Waals surface area contributed by atoms with Crippen LogP contribution in [0.5, 0.6) is 0 Å². The minimum absolute atomic E-state index is 0.0205. The van der Waals surface area contributed by atoms with E-state index in [4.69, 9.17) is 11.6 Å². The first-order valence-corrected chi connectivity index (χ1v) is 6.30. The summed E-state index contributed by atoms with van der Waals surface area (Å²) >= 11 is 5.65. The van der Waals surface area contributed by atoms with Gasteiger partial charge in [0.1, 0.15) is 5.82 Å². The molecule has 2 rings (SSSR count). The normalized spacial score (nSPS) is 14.1. The van der Waals surface area contributed by atoms with E-state index in [0.717, 1.165) is 12.1 Å². The number of hydrogen-bond acceptors (Lipinski definition) is 1. The summed E-state index contributed by atoms with van der Waals surface area (Å²) in [7, 11) is 0. The molecule has 1 unspecified atom stereocenters. The van der Waals surface area contributed by atoms with Gasteiger partial charge in [-0.2, -0.15) is 0 Å². The van der Waals surface area contributed by atoms with Gasteiger partial charge in [-0.05, 0) is 30.7 Å². The van der Waals surface area contributed by atoms with Crippen LogP contribution in [0.1, 0.15) is 18.1 Å². The molecule has 0 aromatic heterocycles. The lowest BCUT2D eigenvalue weighted by Crippen LogP contribution is -2.26. The molecule has 0 radical (unpaired) electrons. The van der Waals surface area contributed by atoms with E-state index in [1.807, 2.05) is 0 Å². The van der Waals surface area contributed by atoms with Gasteiger partial charge < -0.3 is 5.11 Å². The van der Waals surface area contributed by atoms with E-state index in [0.29, 0.717) is 5.56 Å². The Bertz CT molecular complexity index is 641. The van der Waals surface area contributed by atoms with Crippen LogP contribution in [0.3, 0.4) is 0 Å². The van der Waals surface area contributed by atoms with Crippen LogP contribution < -0.4 is 0 Å². The van der Waals surface area contributed by atoms with Gasteiger partial charge in [-0.3, -0.25) is 0 Å². The molecule has 0 heterocycles. The largest absolute Gasteiger partial charge is 0.385 e. The summed E-state index contributed by atoms with van der Waals surface area (Å²) in [6.45, 7) is 1.36. The number of aliphatic hydroxyl groups is 1. The van der Waals surface area contributed by atoms with Crippen LogP contribution in [0, 0.1) is 17.5 Å². The topological polar surface area (TPSA) is 20.2 Å². The van der Waals surface area contributed by atoms with E-state index in [-0.39, 0.29) is 17.0 Å². The van der Waals surface area contributed by atoms with Crippen molar-refractivity contribution < 1.29 is 18.3 Å². The second kappa shape index (κ2) is 5.46. The highest BCUT2D eigenvalue weighted by Crippen LogP contribution is 2.29. The molecule has 0 saturated heterocycles. The van der Waals surface area contributed by atoms with E-state index in [1.54, 1.807) is 0 Å². The Labute approximate surface area is 119 Å². The fraction of sp³-hybridized carbons (Fsp3) is 0.200. The zero-order valence-corrected chi connectivity index (χ0v) is 11.4.